The molecule has 0 aliphatic heterocycles. The van der Waals surface area contributed by atoms with Crippen LogP contribution in [0.3, 0.4) is 0 Å². The smallest absolute Gasteiger partial charge is 0.273 e. The fourth-order valence-corrected chi connectivity index (χ4v) is 2.82. The van der Waals surface area contributed by atoms with Gasteiger partial charge in [0.05, 0.1) is 17.9 Å². The minimum absolute atomic E-state index is 0.0433. The minimum Gasteiger partial charge on any atom is -0.459 e. The summed E-state index contributed by atoms with van der Waals surface area (Å²) >= 11 is 5.89. The minimum atomic E-state index is -0.479. The molecule has 0 aliphatic carbocycles. The maximum absolute atomic E-state index is 12.5. The molecule has 2 aromatic carbocycles. The second-order valence-electron chi connectivity index (χ2n) is 6.09. The van der Waals surface area contributed by atoms with Gasteiger partial charge in [-0.05, 0) is 36.4 Å². The molecular formula is C20H17ClN2O4. The SMILES string of the molecule is CN(Cc1ccc(-c2ccc(Cl)cc2)o1)C(=O)Cc1ccccc1[N+](=O)[O-]. The zero-order valence-electron chi connectivity index (χ0n) is 14.6. The number of carbonyl (C=O) groups excluding carboxylic acids is 1. The topological polar surface area (TPSA) is 76.6 Å². The van der Waals surface area contributed by atoms with Crippen molar-refractivity contribution in [3.05, 3.63) is 87.1 Å². The van der Waals surface area contributed by atoms with Crippen LogP contribution >= 0.6 is 11.6 Å². The maximum Gasteiger partial charge on any atom is 0.273 e. The highest BCUT2D eigenvalue weighted by Gasteiger charge is 2.18. The lowest BCUT2D eigenvalue weighted by atomic mass is 10.1. The zero-order valence-corrected chi connectivity index (χ0v) is 15.3. The molecule has 1 amide bonds. The van der Waals surface area contributed by atoms with Crippen LogP contribution in [-0.4, -0.2) is 22.8 Å². The first-order chi connectivity index (χ1) is 12.9. The average Bonchev–Trinajstić information content (AvgIpc) is 3.11. The van der Waals surface area contributed by atoms with E-state index in [9.17, 15) is 14.9 Å². The van der Waals surface area contributed by atoms with Crippen molar-refractivity contribution in [3.63, 3.8) is 0 Å². The van der Waals surface area contributed by atoms with Crippen molar-refractivity contribution in [3.8, 4) is 11.3 Å². The lowest BCUT2D eigenvalue weighted by molar-refractivity contribution is -0.385. The van der Waals surface area contributed by atoms with Gasteiger partial charge < -0.3 is 9.32 Å². The van der Waals surface area contributed by atoms with Crippen LogP contribution in [0.2, 0.25) is 5.02 Å². The van der Waals surface area contributed by atoms with Crippen molar-refractivity contribution in [2.75, 3.05) is 7.05 Å². The van der Waals surface area contributed by atoms with Crippen molar-refractivity contribution in [2.24, 2.45) is 0 Å². The van der Waals surface area contributed by atoms with Gasteiger partial charge >= 0.3 is 0 Å². The molecule has 0 N–H and O–H groups in total. The second-order valence-corrected chi connectivity index (χ2v) is 6.52. The Morgan fingerprint density at radius 1 is 1.11 bits per heavy atom. The van der Waals surface area contributed by atoms with E-state index in [2.05, 4.69) is 0 Å². The first-order valence-electron chi connectivity index (χ1n) is 8.25. The predicted octanol–water partition coefficient (Wildman–Crippen LogP) is 4.71. The molecule has 0 spiro atoms. The molecule has 1 heterocycles. The average molecular weight is 385 g/mol. The Hall–Kier alpha value is -3.12. The summed E-state index contributed by atoms with van der Waals surface area (Å²) in [5.74, 6) is 1.08. The highest BCUT2D eigenvalue weighted by Crippen LogP contribution is 2.25. The van der Waals surface area contributed by atoms with Gasteiger partial charge in [-0.1, -0.05) is 29.8 Å². The van der Waals surface area contributed by atoms with Crippen LogP contribution in [0.5, 0.6) is 0 Å². The summed E-state index contributed by atoms with van der Waals surface area (Å²) < 4.78 is 5.80. The quantitative estimate of drug-likeness (QED) is 0.455. The van der Waals surface area contributed by atoms with Gasteiger partial charge in [0.15, 0.2) is 0 Å². The molecule has 0 atom stereocenters. The first kappa shape index (κ1) is 18.7. The zero-order chi connectivity index (χ0) is 19.4. The summed E-state index contributed by atoms with van der Waals surface area (Å²) in [5.41, 5.74) is 1.22. The van der Waals surface area contributed by atoms with Crippen LogP contribution in [0, 0.1) is 10.1 Å². The number of para-hydroxylation sites is 1. The van der Waals surface area contributed by atoms with Crippen molar-refractivity contribution >= 4 is 23.2 Å². The van der Waals surface area contributed by atoms with E-state index in [1.165, 1.54) is 11.0 Å². The molecule has 0 saturated carbocycles. The van der Waals surface area contributed by atoms with E-state index in [4.69, 9.17) is 16.0 Å². The Kier molecular flexibility index (Phi) is 5.57. The summed E-state index contributed by atoms with van der Waals surface area (Å²) in [5, 5.41) is 11.7. The largest absolute Gasteiger partial charge is 0.459 e. The van der Waals surface area contributed by atoms with Crippen LogP contribution in [0.1, 0.15) is 11.3 Å². The molecule has 6 nitrogen and oxygen atoms in total. The number of rotatable bonds is 6. The van der Waals surface area contributed by atoms with Crippen molar-refractivity contribution < 1.29 is 14.1 Å². The van der Waals surface area contributed by atoms with E-state index in [-0.39, 0.29) is 24.6 Å². The Bertz CT molecular complexity index is 966. The fraction of sp³-hybridized carbons (Fsp3) is 0.150. The van der Waals surface area contributed by atoms with Crippen LogP contribution < -0.4 is 0 Å². The Labute approximate surface area is 161 Å². The molecule has 27 heavy (non-hydrogen) atoms. The highest BCUT2D eigenvalue weighted by atomic mass is 35.5. The van der Waals surface area contributed by atoms with E-state index in [0.717, 1.165) is 5.56 Å². The number of furan rings is 1. The van der Waals surface area contributed by atoms with Crippen LogP contribution in [0.15, 0.2) is 65.1 Å². The number of amides is 1. The summed E-state index contributed by atoms with van der Waals surface area (Å²) in [6, 6.07) is 17.2. The summed E-state index contributed by atoms with van der Waals surface area (Å²) in [6.07, 6.45) is -0.0433. The number of benzene rings is 2. The molecular weight excluding hydrogens is 368 g/mol. The van der Waals surface area contributed by atoms with Crippen molar-refractivity contribution in [1.82, 2.24) is 4.90 Å². The predicted molar refractivity (Wildman–Crippen MR) is 102 cm³/mol. The molecule has 0 radical (unpaired) electrons. The first-order valence-corrected chi connectivity index (χ1v) is 8.63. The number of carbonyl (C=O) groups is 1. The molecule has 0 bridgehead atoms. The van der Waals surface area contributed by atoms with Gasteiger partial charge in [-0.2, -0.15) is 0 Å². The monoisotopic (exact) mass is 384 g/mol. The Balaban J connectivity index is 1.67. The van der Waals surface area contributed by atoms with Gasteiger partial charge in [-0.25, -0.2) is 0 Å². The number of likely N-dealkylation sites (N-methyl/N-ethyl adjacent to an activating group) is 1. The molecule has 138 valence electrons. The number of nitro groups is 1. The third-order valence-corrected chi connectivity index (χ3v) is 4.39. The van der Waals surface area contributed by atoms with Gasteiger partial charge in [0.1, 0.15) is 11.5 Å². The van der Waals surface area contributed by atoms with Crippen LogP contribution in [0.4, 0.5) is 5.69 Å². The van der Waals surface area contributed by atoms with E-state index in [1.54, 1.807) is 43.4 Å². The summed E-state index contributed by atoms with van der Waals surface area (Å²) in [6.45, 7) is 0.271. The molecule has 0 saturated heterocycles. The molecule has 0 unspecified atom stereocenters. The number of nitrogens with zero attached hydrogens (tertiary/aromatic N) is 2. The number of nitro benzene ring substituents is 1. The number of hydrogen-bond acceptors (Lipinski definition) is 4. The van der Waals surface area contributed by atoms with Crippen LogP contribution in [-0.2, 0) is 17.8 Å². The molecule has 3 aromatic rings. The van der Waals surface area contributed by atoms with Gasteiger partial charge in [-0.3, -0.25) is 14.9 Å². The number of halogens is 1. The van der Waals surface area contributed by atoms with Gasteiger partial charge in [-0.15, -0.1) is 0 Å². The molecule has 7 heteroatoms. The van der Waals surface area contributed by atoms with E-state index in [1.807, 2.05) is 18.2 Å². The van der Waals surface area contributed by atoms with Crippen LogP contribution in [0.25, 0.3) is 11.3 Å². The second kappa shape index (κ2) is 8.05. The summed E-state index contributed by atoms with van der Waals surface area (Å²) in [7, 11) is 1.64. The molecule has 3 rings (SSSR count). The van der Waals surface area contributed by atoms with E-state index in [0.29, 0.717) is 22.1 Å². The van der Waals surface area contributed by atoms with E-state index >= 15 is 0 Å². The molecule has 1 aromatic heterocycles. The van der Waals surface area contributed by atoms with Crippen molar-refractivity contribution in [2.45, 2.75) is 13.0 Å². The lowest BCUT2D eigenvalue weighted by Gasteiger charge is -2.15. The normalized spacial score (nSPS) is 10.6. The van der Waals surface area contributed by atoms with Gasteiger partial charge in [0.2, 0.25) is 5.91 Å². The number of hydrogen-bond donors (Lipinski definition) is 0. The highest BCUT2D eigenvalue weighted by molar-refractivity contribution is 6.30. The Morgan fingerprint density at radius 3 is 2.52 bits per heavy atom. The van der Waals surface area contributed by atoms with E-state index < -0.39 is 4.92 Å². The lowest BCUT2D eigenvalue weighted by Crippen LogP contribution is -2.27. The Morgan fingerprint density at radius 2 is 1.81 bits per heavy atom. The summed E-state index contributed by atoms with van der Waals surface area (Å²) in [4.78, 5) is 24.5. The van der Waals surface area contributed by atoms with Gasteiger partial charge in [0.25, 0.3) is 5.69 Å². The standard InChI is InChI=1S/C20H17ClN2O4/c1-22(20(24)12-15-4-2-3-5-18(15)23(25)26)13-17-10-11-19(27-17)14-6-8-16(21)9-7-14/h2-11H,12-13H2,1H3. The third-order valence-electron chi connectivity index (χ3n) is 4.14. The molecule has 0 aliphatic rings. The molecule has 0 fully saturated rings. The fourth-order valence-electron chi connectivity index (χ4n) is 2.69. The third kappa shape index (κ3) is 4.54. The maximum atomic E-state index is 12.5. The van der Waals surface area contributed by atoms with Crippen molar-refractivity contribution in [1.29, 1.82) is 0 Å². The van der Waals surface area contributed by atoms with Gasteiger partial charge in [0, 0.05) is 29.3 Å².